The lowest BCUT2D eigenvalue weighted by Gasteiger charge is -2.26. The highest BCUT2D eigenvalue weighted by molar-refractivity contribution is 5.73. The molecular formula is C9H20N2O2. The Balaban J connectivity index is 3.89. The second-order valence-corrected chi connectivity index (χ2v) is 4.03. The van der Waals surface area contributed by atoms with Gasteiger partial charge in [-0.3, -0.25) is 4.79 Å². The fraction of sp³-hybridized carbons (Fsp3) is 0.889. The molecule has 0 atom stereocenters. The van der Waals surface area contributed by atoms with Gasteiger partial charge in [0.15, 0.2) is 0 Å². The van der Waals surface area contributed by atoms with E-state index in [0.717, 1.165) is 13.1 Å². The fourth-order valence-corrected chi connectivity index (χ4v) is 1.12. The first kappa shape index (κ1) is 12.4. The molecule has 0 radical (unpaired) electrons. The van der Waals surface area contributed by atoms with Crippen molar-refractivity contribution in [2.75, 3.05) is 33.7 Å². The molecule has 0 aliphatic carbocycles. The van der Waals surface area contributed by atoms with E-state index in [1.165, 1.54) is 0 Å². The number of aliphatic carboxylic acids is 1. The number of hydrogen-bond acceptors (Lipinski definition) is 3. The molecule has 0 saturated carbocycles. The molecule has 0 aromatic carbocycles. The molecule has 13 heavy (non-hydrogen) atoms. The lowest BCUT2D eigenvalue weighted by molar-refractivity contribution is -0.147. The van der Waals surface area contributed by atoms with Gasteiger partial charge in [0, 0.05) is 19.6 Å². The summed E-state index contributed by atoms with van der Waals surface area (Å²) in [6, 6.07) is 0. The molecule has 0 rings (SSSR count). The molecular weight excluding hydrogens is 168 g/mol. The van der Waals surface area contributed by atoms with Crippen LogP contribution in [-0.2, 0) is 4.79 Å². The van der Waals surface area contributed by atoms with Crippen molar-refractivity contribution in [1.29, 1.82) is 0 Å². The third-order valence-corrected chi connectivity index (χ3v) is 1.99. The molecule has 0 amide bonds. The summed E-state index contributed by atoms with van der Waals surface area (Å²) in [7, 11) is 3.82. The van der Waals surface area contributed by atoms with Crippen LogP contribution in [0.25, 0.3) is 0 Å². The monoisotopic (exact) mass is 188 g/mol. The Kier molecular flexibility index (Phi) is 4.95. The zero-order valence-corrected chi connectivity index (χ0v) is 8.92. The third-order valence-electron chi connectivity index (χ3n) is 1.99. The molecule has 0 bridgehead atoms. The Hall–Kier alpha value is -0.610. The van der Waals surface area contributed by atoms with E-state index in [4.69, 9.17) is 5.11 Å². The Morgan fingerprint density at radius 2 is 2.08 bits per heavy atom. The number of hydrogen-bond donors (Lipinski definition) is 2. The van der Waals surface area contributed by atoms with E-state index in [1.807, 2.05) is 19.0 Å². The van der Waals surface area contributed by atoms with Crippen LogP contribution in [0.1, 0.15) is 13.8 Å². The van der Waals surface area contributed by atoms with Gasteiger partial charge in [0.2, 0.25) is 0 Å². The van der Waals surface area contributed by atoms with Gasteiger partial charge in [0.1, 0.15) is 0 Å². The van der Waals surface area contributed by atoms with Crippen molar-refractivity contribution in [3.63, 3.8) is 0 Å². The molecule has 2 N–H and O–H groups in total. The molecule has 0 aromatic rings. The molecule has 78 valence electrons. The largest absolute Gasteiger partial charge is 0.481 e. The maximum absolute atomic E-state index is 10.8. The topological polar surface area (TPSA) is 52.6 Å². The van der Waals surface area contributed by atoms with Crippen LogP contribution in [0, 0.1) is 5.41 Å². The molecule has 0 unspecified atom stereocenters. The molecule has 0 aliphatic rings. The molecule has 0 heterocycles. The zero-order valence-electron chi connectivity index (χ0n) is 8.92. The highest BCUT2D eigenvalue weighted by Crippen LogP contribution is 2.15. The minimum Gasteiger partial charge on any atom is -0.481 e. The molecule has 4 nitrogen and oxygen atoms in total. The van der Waals surface area contributed by atoms with Gasteiger partial charge in [-0.25, -0.2) is 0 Å². The summed E-state index contributed by atoms with van der Waals surface area (Å²) in [5, 5.41) is 11.9. The van der Waals surface area contributed by atoms with Crippen LogP contribution in [0.4, 0.5) is 0 Å². The number of nitrogens with one attached hydrogen (secondary N) is 1. The second kappa shape index (κ2) is 5.19. The van der Waals surface area contributed by atoms with Crippen LogP contribution < -0.4 is 5.32 Å². The maximum atomic E-state index is 10.8. The summed E-state index contributed by atoms with van der Waals surface area (Å²) >= 11 is 0. The maximum Gasteiger partial charge on any atom is 0.310 e. The first-order chi connectivity index (χ1) is 5.90. The fourth-order valence-electron chi connectivity index (χ4n) is 1.12. The van der Waals surface area contributed by atoms with E-state index in [2.05, 4.69) is 5.32 Å². The van der Waals surface area contributed by atoms with E-state index in [-0.39, 0.29) is 0 Å². The summed E-state index contributed by atoms with van der Waals surface area (Å²) in [6.45, 7) is 5.81. The normalized spacial score (nSPS) is 12.1. The standard InChI is InChI=1S/C9H20N2O2/c1-9(2,8(12)13)7-11(4)6-5-10-3/h10H,5-7H2,1-4H3,(H,12,13). The van der Waals surface area contributed by atoms with Crippen molar-refractivity contribution >= 4 is 5.97 Å². The number of carboxylic acids is 1. The Morgan fingerprint density at radius 3 is 2.46 bits per heavy atom. The van der Waals surface area contributed by atoms with Gasteiger partial charge in [0.25, 0.3) is 0 Å². The molecule has 0 fully saturated rings. The smallest absolute Gasteiger partial charge is 0.310 e. The summed E-state index contributed by atoms with van der Waals surface area (Å²) < 4.78 is 0. The number of rotatable bonds is 6. The second-order valence-electron chi connectivity index (χ2n) is 4.03. The lowest BCUT2D eigenvalue weighted by Crippen LogP contribution is -2.39. The average Bonchev–Trinajstić information content (AvgIpc) is 1.99. The van der Waals surface area contributed by atoms with Crippen molar-refractivity contribution in [2.24, 2.45) is 5.41 Å². The predicted molar refractivity (Wildman–Crippen MR) is 52.8 cm³/mol. The summed E-state index contributed by atoms with van der Waals surface area (Å²) in [5.41, 5.74) is -0.664. The Labute approximate surface area is 79.9 Å². The van der Waals surface area contributed by atoms with Crippen LogP contribution in [0.2, 0.25) is 0 Å². The van der Waals surface area contributed by atoms with Gasteiger partial charge in [-0.15, -0.1) is 0 Å². The summed E-state index contributed by atoms with van der Waals surface area (Å²) in [4.78, 5) is 12.8. The van der Waals surface area contributed by atoms with E-state index >= 15 is 0 Å². The number of nitrogens with zero attached hydrogens (tertiary/aromatic N) is 1. The van der Waals surface area contributed by atoms with Crippen LogP contribution in [0.5, 0.6) is 0 Å². The van der Waals surface area contributed by atoms with Gasteiger partial charge < -0.3 is 15.3 Å². The highest BCUT2D eigenvalue weighted by atomic mass is 16.4. The van der Waals surface area contributed by atoms with E-state index in [0.29, 0.717) is 6.54 Å². The lowest BCUT2D eigenvalue weighted by atomic mass is 9.93. The van der Waals surface area contributed by atoms with E-state index < -0.39 is 11.4 Å². The first-order valence-electron chi connectivity index (χ1n) is 4.46. The molecule has 0 spiro atoms. The molecule has 0 aromatic heterocycles. The average molecular weight is 188 g/mol. The van der Waals surface area contributed by atoms with Gasteiger partial charge in [-0.2, -0.15) is 0 Å². The SMILES string of the molecule is CNCCN(C)CC(C)(C)C(=O)O. The first-order valence-corrected chi connectivity index (χ1v) is 4.46. The predicted octanol–water partition coefficient (Wildman–Crippen LogP) is 0.248. The van der Waals surface area contributed by atoms with Gasteiger partial charge in [-0.05, 0) is 27.9 Å². The van der Waals surface area contributed by atoms with E-state index in [1.54, 1.807) is 13.8 Å². The number of carboxylic acid groups (broad SMARTS) is 1. The number of likely N-dealkylation sites (N-methyl/N-ethyl adjacent to an activating group) is 2. The van der Waals surface area contributed by atoms with Crippen LogP contribution in [-0.4, -0.2) is 49.7 Å². The van der Waals surface area contributed by atoms with Crippen molar-refractivity contribution < 1.29 is 9.90 Å². The van der Waals surface area contributed by atoms with Crippen LogP contribution in [0.15, 0.2) is 0 Å². The van der Waals surface area contributed by atoms with Gasteiger partial charge in [0.05, 0.1) is 5.41 Å². The van der Waals surface area contributed by atoms with Crippen LogP contribution in [0.3, 0.4) is 0 Å². The van der Waals surface area contributed by atoms with Gasteiger partial charge in [-0.1, -0.05) is 0 Å². The minimum absolute atomic E-state index is 0.573. The third kappa shape index (κ3) is 4.85. The Morgan fingerprint density at radius 1 is 1.54 bits per heavy atom. The Bertz CT molecular complexity index is 169. The highest BCUT2D eigenvalue weighted by Gasteiger charge is 2.28. The van der Waals surface area contributed by atoms with Crippen LogP contribution >= 0.6 is 0 Å². The molecule has 4 heteroatoms. The van der Waals surface area contributed by atoms with Crippen molar-refractivity contribution in [3.8, 4) is 0 Å². The molecule has 0 saturated heterocycles. The minimum atomic E-state index is -0.746. The van der Waals surface area contributed by atoms with Crippen molar-refractivity contribution in [2.45, 2.75) is 13.8 Å². The van der Waals surface area contributed by atoms with Gasteiger partial charge >= 0.3 is 5.97 Å². The van der Waals surface area contributed by atoms with Crippen molar-refractivity contribution in [3.05, 3.63) is 0 Å². The van der Waals surface area contributed by atoms with Crippen molar-refractivity contribution in [1.82, 2.24) is 10.2 Å². The zero-order chi connectivity index (χ0) is 10.5. The quantitative estimate of drug-likeness (QED) is 0.627. The van der Waals surface area contributed by atoms with E-state index in [9.17, 15) is 4.79 Å². The molecule has 0 aliphatic heterocycles. The summed E-state index contributed by atoms with van der Waals surface area (Å²) in [6.07, 6.45) is 0. The number of carbonyl (C=O) groups is 1. The summed E-state index contributed by atoms with van der Waals surface area (Å²) in [5.74, 6) is -0.746.